The lowest BCUT2D eigenvalue weighted by Crippen LogP contribution is -2.28. The van der Waals surface area contributed by atoms with Gasteiger partial charge in [0.25, 0.3) is 0 Å². The number of aliphatic hydroxyl groups excluding tert-OH is 1. The van der Waals surface area contributed by atoms with E-state index in [1.807, 2.05) is 0 Å². The predicted molar refractivity (Wildman–Crippen MR) is 186 cm³/mol. The van der Waals surface area contributed by atoms with Crippen molar-refractivity contribution in [3.63, 3.8) is 0 Å². The molecular weight excluding hydrogens is 595 g/mol. The molecule has 8 nitrogen and oxygen atoms in total. The molecule has 4 aliphatic rings. The summed E-state index contributed by atoms with van der Waals surface area (Å²) in [7, 11) is 10.6. The Morgan fingerprint density at radius 3 is 1.27 bits per heavy atom. The Bertz CT molecular complexity index is 758. The molecule has 0 aromatic heterocycles. The first-order valence-electron chi connectivity index (χ1n) is 16.1. The van der Waals surface area contributed by atoms with E-state index in [1.165, 1.54) is 0 Å². The molecule has 4 fully saturated rings. The van der Waals surface area contributed by atoms with Crippen LogP contribution in [0.3, 0.4) is 0 Å². The van der Waals surface area contributed by atoms with E-state index in [2.05, 4.69) is 38.0 Å². The van der Waals surface area contributed by atoms with Crippen LogP contribution in [0, 0.1) is 0 Å². The molecule has 0 amide bonds. The van der Waals surface area contributed by atoms with Crippen LogP contribution >= 0.6 is 35.0 Å². The minimum atomic E-state index is -0.373. The molecule has 4 aliphatic heterocycles. The molecule has 0 radical (unpaired) electrons. The Morgan fingerprint density at radius 1 is 0.561 bits per heavy atom. The van der Waals surface area contributed by atoms with E-state index in [-0.39, 0.29) is 67.1 Å². The van der Waals surface area contributed by atoms with E-state index >= 15 is 0 Å². The topological polar surface area (TPSA) is 84.8 Å². The van der Waals surface area contributed by atoms with Crippen LogP contribution in [0.5, 0.6) is 0 Å². The van der Waals surface area contributed by atoms with Crippen molar-refractivity contribution >= 4 is 66.4 Å². The van der Waals surface area contributed by atoms with E-state index in [0.29, 0.717) is 32.5 Å². The van der Waals surface area contributed by atoms with Crippen molar-refractivity contribution in [2.75, 3.05) is 31.3 Å². The third-order valence-corrected chi connectivity index (χ3v) is 12.8. The maximum Gasteiger partial charge on any atom is 0.104 e. The maximum atomic E-state index is 10.3. The molecule has 16 heteroatoms. The minimum Gasteiger partial charge on any atom is -0.390 e. The summed E-state index contributed by atoms with van der Waals surface area (Å²) in [5.74, 6) is 0. The van der Waals surface area contributed by atoms with Gasteiger partial charge in [-0.05, 0) is 12.8 Å². The zero-order chi connectivity index (χ0) is 29.2. The Labute approximate surface area is 259 Å². The van der Waals surface area contributed by atoms with Gasteiger partial charge in [0.1, 0.15) is 31.4 Å². The van der Waals surface area contributed by atoms with Crippen LogP contribution in [0.15, 0.2) is 0 Å². The first-order valence-corrected chi connectivity index (χ1v) is 21.1. The average molecular weight is 648 g/mol. The van der Waals surface area contributed by atoms with Crippen molar-refractivity contribution in [2.45, 2.75) is 124 Å². The van der Waals surface area contributed by atoms with Gasteiger partial charge in [-0.25, -0.2) is 0 Å². The lowest BCUT2D eigenvalue weighted by atomic mass is 9.97. The quantitative estimate of drug-likeness (QED) is 0.170. The molecule has 41 heavy (non-hydrogen) atoms. The summed E-state index contributed by atoms with van der Waals surface area (Å²) < 4.78 is 44.3. The standard InChI is InChI=1S/C25H52B4O8P4/c1-38-10-23-19(3-15(7-27)32-23)35-40-12-25-21(5-17(9-29)34-25)37-41-13-24-20(4-16(8-28)33-24)36-39-11-22-18(30)2-14(6-26)31-22/h14-25,30,38-41H,2-13,26-29H2,1H3. The molecule has 0 aliphatic carbocycles. The molecule has 16 unspecified atom stereocenters. The van der Waals surface area contributed by atoms with Crippen LogP contribution < -0.4 is 0 Å². The van der Waals surface area contributed by atoms with Gasteiger partial charge in [-0.3, -0.25) is 0 Å². The van der Waals surface area contributed by atoms with Crippen molar-refractivity contribution in [1.82, 2.24) is 0 Å². The molecule has 4 saturated heterocycles. The third-order valence-electron chi connectivity index (χ3n) is 8.92. The molecule has 4 rings (SSSR count). The van der Waals surface area contributed by atoms with Crippen LogP contribution in [0.1, 0.15) is 25.7 Å². The normalized spacial score (nSPS) is 42.2. The second-order valence-corrected chi connectivity index (χ2v) is 15.8. The Balaban J connectivity index is 1.19. The second kappa shape index (κ2) is 18.7. The van der Waals surface area contributed by atoms with E-state index in [4.69, 9.17) is 32.5 Å². The fourth-order valence-electron chi connectivity index (χ4n) is 6.28. The zero-order valence-electron chi connectivity index (χ0n) is 25.7. The van der Waals surface area contributed by atoms with Gasteiger partial charge >= 0.3 is 0 Å². The van der Waals surface area contributed by atoms with Crippen molar-refractivity contribution < 1.29 is 37.6 Å². The summed E-state index contributed by atoms with van der Waals surface area (Å²) in [4.78, 5) is 0. The first-order chi connectivity index (χ1) is 20.0. The minimum absolute atomic E-state index is 0.0571. The van der Waals surface area contributed by atoms with Gasteiger partial charge in [-0.15, -0.1) is 8.58 Å². The molecule has 0 aromatic carbocycles. The molecule has 0 spiro atoms. The van der Waals surface area contributed by atoms with Crippen molar-refractivity contribution in [2.24, 2.45) is 0 Å². The average Bonchev–Trinajstić information content (AvgIpc) is 3.75. The predicted octanol–water partition coefficient (Wildman–Crippen LogP) is 0.427. The molecule has 0 saturated carbocycles. The molecular formula is C25H52B4O8P4. The monoisotopic (exact) mass is 648 g/mol. The fourth-order valence-corrected chi connectivity index (χ4v) is 10.3. The highest BCUT2D eigenvalue weighted by Crippen LogP contribution is 2.39. The maximum absolute atomic E-state index is 10.3. The van der Waals surface area contributed by atoms with E-state index < -0.39 is 0 Å². The van der Waals surface area contributed by atoms with Crippen LogP contribution in [-0.4, -0.2) is 141 Å². The number of aliphatic hydroxyl groups is 1. The van der Waals surface area contributed by atoms with Gasteiger partial charge in [0.2, 0.25) is 0 Å². The van der Waals surface area contributed by atoms with Crippen molar-refractivity contribution in [3.05, 3.63) is 0 Å². The first kappa shape index (κ1) is 35.5. The lowest BCUT2D eigenvalue weighted by molar-refractivity contribution is 0.0267. The van der Waals surface area contributed by atoms with Crippen molar-refractivity contribution in [1.29, 1.82) is 0 Å². The third kappa shape index (κ3) is 10.6. The highest BCUT2D eigenvalue weighted by Gasteiger charge is 2.39. The Morgan fingerprint density at radius 2 is 0.902 bits per heavy atom. The van der Waals surface area contributed by atoms with Gasteiger partial charge in [0.05, 0.1) is 73.2 Å². The fraction of sp³-hybridized carbons (Fsp3) is 1.00. The summed E-state index contributed by atoms with van der Waals surface area (Å²) in [5.41, 5.74) is 0. The summed E-state index contributed by atoms with van der Waals surface area (Å²) >= 11 is 0. The molecule has 4 heterocycles. The Hall–Kier alpha value is 1.66. The molecule has 1 N–H and O–H groups in total. The van der Waals surface area contributed by atoms with Gasteiger partial charge < -0.3 is 37.6 Å². The van der Waals surface area contributed by atoms with Crippen molar-refractivity contribution in [3.8, 4) is 0 Å². The molecule has 0 bridgehead atoms. The van der Waals surface area contributed by atoms with Gasteiger partial charge in [-0.2, -0.15) is 0 Å². The lowest BCUT2D eigenvalue weighted by Gasteiger charge is -2.23. The van der Waals surface area contributed by atoms with E-state index in [0.717, 1.165) is 84.2 Å². The van der Waals surface area contributed by atoms with Crippen LogP contribution in [0.2, 0.25) is 25.3 Å². The molecule has 0 aromatic rings. The van der Waals surface area contributed by atoms with Crippen LogP contribution in [0.25, 0.3) is 0 Å². The van der Waals surface area contributed by atoms with E-state index in [9.17, 15) is 5.11 Å². The zero-order valence-corrected chi connectivity index (χ0v) is 29.7. The number of hydrogen-bond donors (Lipinski definition) is 1. The highest BCUT2D eigenvalue weighted by molar-refractivity contribution is 7.37. The number of rotatable bonds is 18. The molecule has 16 atom stereocenters. The van der Waals surface area contributed by atoms with E-state index in [1.54, 1.807) is 0 Å². The molecule has 232 valence electrons. The SMILES string of the molecule is BCC1CC(O)C(CPOC2CC(CB)OC2CPOC2CC(CB)OC2CPOC2CC(CB)OC2CPC)O1. The summed E-state index contributed by atoms with van der Waals surface area (Å²) in [6.07, 6.45) is 12.6. The smallest absolute Gasteiger partial charge is 0.104 e. The van der Waals surface area contributed by atoms with Crippen LogP contribution in [0.4, 0.5) is 0 Å². The van der Waals surface area contributed by atoms with Gasteiger partial charge in [0, 0.05) is 70.6 Å². The number of hydrogen-bond acceptors (Lipinski definition) is 8. The van der Waals surface area contributed by atoms with Gasteiger partial charge in [-0.1, -0.05) is 25.3 Å². The highest BCUT2D eigenvalue weighted by atomic mass is 31.1. The van der Waals surface area contributed by atoms with Gasteiger partial charge in [0.15, 0.2) is 0 Å². The largest absolute Gasteiger partial charge is 0.390 e. The summed E-state index contributed by atoms with van der Waals surface area (Å²) in [5, 5.41) is 10.3. The Kier molecular flexibility index (Phi) is 16.2. The van der Waals surface area contributed by atoms with Crippen LogP contribution in [-0.2, 0) is 32.5 Å². The second-order valence-electron chi connectivity index (χ2n) is 11.9. The summed E-state index contributed by atoms with van der Waals surface area (Å²) in [6.45, 7) is 2.24. The summed E-state index contributed by atoms with van der Waals surface area (Å²) in [6, 6.07) is 0. The number of ether oxygens (including phenoxy) is 4.